The van der Waals surface area contributed by atoms with E-state index in [1.807, 2.05) is 60.0 Å². The summed E-state index contributed by atoms with van der Waals surface area (Å²) in [6.45, 7) is 0.353. The summed E-state index contributed by atoms with van der Waals surface area (Å²) in [5, 5.41) is 10.3. The van der Waals surface area contributed by atoms with Crippen molar-refractivity contribution in [1.82, 2.24) is 10.2 Å². The van der Waals surface area contributed by atoms with E-state index in [-0.39, 0.29) is 0 Å². The summed E-state index contributed by atoms with van der Waals surface area (Å²) in [5.41, 5.74) is 1.71. The second-order valence-electron chi connectivity index (χ2n) is 5.64. The Morgan fingerprint density at radius 3 is 2.63 bits per heavy atom. The number of aromatic nitrogens is 2. The summed E-state index contributed by atoms with van der Waals surface area (Å²) in [7, 11) is 1.64. The minimum atomic E-state index is 0.353. The van der Waals surface area contributed by atoms with Crippen LogP contribution in [0.3, 0.4) is 0 Å². The molecule has 7 heteroatoms. The lowest BCUT2D eigenvalue weighted by Crippen LogP contribution is -1.99. The van der Waals surface area contributed by atoms with Gasteiger partial charge in [0.15, 0.2) is 0 Å². The van der Waals surface area contributed by atoms with E-state index in [4.69, 9.17) is 13.9 Å². The third-order valence-electron chi connectivity index (χ3n) is 3.90. The number of thiophene rings is 1. The van der Waals surface area contributed by atoms with Crippen molar-refractivity contribution in [2.45, 2.75) is 6.61 Å². The average Bonchev–Trinajstić information content (AvgIpc) is 3.38. The topological polar surface area (TPSA) is 57.4 Å². The van der Waals surface area contributed by atoms with E-state index in [2.05, 4.69) is 26.1 Å². The van der Waals surface area contributed by atoms with Crippen LogP contribution in [-0.4, -0.2) is 17.3 Å². The van der Waals surface area contributed by atoms with E-state index in [1.165, 1.54) is 0 Å². The Morgan fingerprint density at radius 2 is 1.85 bits per heavy atom. The van der Waals surface area contributed by atoms with E-state index in [0.29, 0.717) is 18.4 Å². The monoisotopic (exact) mass is 442 g/mol. The van der Waals surface area contributed by atoms with Crippen LogP contribution in [0.4, 0.5) is 0 Å². The Kier molecular flexibility index (Phi) is 5.22. The van der Waals surface area contributed by atoms with Crippen LogP contribution in [0, 0.1) is 0 Å². The van der Waals surface area contributed by atoms with Crippen molar-refractivity contribution < 1.29 is 13.9 Å². The first-order chi connectivity index (χ1) is 13.2. The molecular weight excluding hydrogens is 428 g/mol. The van der Waals surface area contributed by atoms with Crippen molar-refractivity contribution >= 4 is 27.3 Å². The Bertz CT molecular complexity index is 1050. The van der Waals surface area contributed by atoms with Crippen molar-refractivity contribution in [1.29, 1.82) is 0 Å². The number of para-hydroxylation sites is 1. The van der Waals surface area contributed by atoms with Gasteiger partial charge in [-0.1, -0.05) is 18.2 Å². The van der Waals surface area contributed by atoms with Gasteiger partial charge in [0.1, 0.15) is 18.1 Å². The molecule has 4 aromatic rings. The van der Waals surface area contributed by atoms with Gasteiger partial charge in [0.25, 0.3) is 5.89 Å². The number of ether oxygens (including phenoxy) is 2. The Morgan fingerprint density at radius 1 is 1.00 bits per heavy atom. The molecule has 0 bridgehead atoms. The van der Waals surface area contributed by atoms with Crippen LogP contribution >= 0.6 is 27.3 Å². The van der Waals surface area contributed by atoms with Crippen molar-refractivity contribution in [3.8, 4) is 33.7 Å². The van der Waals surface area contributed by atoms with Gasteiger partial charge in [-0.15, -0.1) is 21.5 Å². The van der Waals surface area contributed by atoms with Gasteiger partial charge in [0.05, 0.1) is 16.5 Å². The summed E-state index contributed by atoms with van der Waals surface area (Å²) < 4.78 is 18.1. The molecule has 0 amide bonds. The van der Waals surface area contributed by atoms with Crippen LogP contribution in [0.5, 0.6) is 11.5 Å². The van der Waals surface area contributed by atoms with Gasteiger partial charge in [-0.05, 0) is 57.7 Å². The first-order valence-electron chi connectivity index (χ1n) is 8.16. The minimum absolute atomic E-state index is 0.353. The van der Waals surface area contributed by atoms with Gasteiger partial charge >= 0.3 is 0 Å². The van der Waals surface area contributed by atoms with Gasteiger partial charge in [0, 0.05) is 11.1 Å². The molecule has 0 spiro atoms. The van der Waals surface area contributed by atoms with Crippen LogP contribution in [-0.2, 0) is 6.61 Å². The number of benzene rings is 2. The maximum Gasteiger partial charge on any atom is 0.258 e. The molecule has 0 unspecified atom stereocenters. The van der Waals surface area contributed by atoms with Crippen LogP contribution < -0.4 is 9.47 Å². The van der Waals surface area contributed by atoms with Gasteiger partial charge < -0.3 is 13.9 Å². The Labute approximate surface area is 168 Å². The lowest BCUT2D eigenvalue weighted by Gasteiger charge is -2.12. The first kappa shape index (κ1) is 17.8. The molecule has 0 saturated carbocycles. The molecule has 0 atom stereocenters. The molecule has 4 rings (SSSR count). The number of rotatable bonds is 6. The van der Waals surface area contributed by atoms with Gasteiger partial charge in [-0.3, -0.25) is 0 Å². The summed E-state index contributed by atoms with van der Waals surface area (Å²) in [6, 6.07) is 17.3. The molecule has 136 valence electrons. The predicted molar refractivity (Wildman–Crippen MR) is 108 cm³/mol. The van der Waals surface area contributed by atoms with Crippen LogP contribution in [0.2, 0.25) is 0 Å². The zero-order chi connectivity index (χ0) is 18.6. The van der Waals surface area contributed by atoms with Crippen molar-refractivity contribution in [3.05, 3.63) is 70.0 Å². The molecule has 0 N–H and O–H groups in total. The summed E-state index contributed by atoms with van der Waals surface area (Å²) in [5.74, 6) is 2.48. The lowest BCUT2D eigenvalue weighted by molar-refractivity contribution is 0.295. The Hall–Kier alpha value is -2.64. The second-order valence-corrected chi connectivity index (χ2v) is 7.44. The molecule has 2 aromatic carbocycles. The quantitative estimate of drug-likeness (QED) is 0.376. The largest absolute Gasteiger partial charge is 0.496 e. The normalized spacial score (nSPS) is 10.7. The van der Waals surface area contributed by atoms with Crippen LogP contribution in [0.25, 0.3) is 22.2 Å². The highest BCUT2D eigenvalue weighted by Gasteiger charge is 2.14. The predicted octanol–water partition coefficient (Wildman–Crippen LogP) is 5.82. The highest BCUT2D eigenvalue weighted by molar-refractivity contribution is 9.10. The second kappa shape index (κ2) is 7.94. The zero-order valence-corrected chi connectivity index (χ0v) is 16.8. The maximum absolute atomic E-state index is 5.93. The SMILES string of the molecule is COc1ccc(-c2nnc(-c3cccs3)o2)cc1COc1ccccc1Br. The molecular formula is C20H15BrN2O3S. The van der Waals surface area contributed by atoms with E-state index < -0.39 is 0 Å². The van der Waals surface area contributed by atoms with Crippen molar-refractivity contribution in [2.75, 3.05) is 7.11 Å². The first-order valence-corrected chi connectivity index (χ1v) is 9.84. The third-order valence-corrected chi connectivity index (χ3v) is 5.42. The molecule has 2 heterocycles. The van der Waals surface area contributed by atoms with Gasteiger partial charge in [0.2, 0.25) is 5.89 Å². The molecule has 2 aromatic heterocycles. The minimum Gasteiger partial charge on any atom is -0.496 e. The highest BCUT2D eigenvalue weighted by Crippen LogP contribution is 2.31. The summed E-state index contributed by atoms with van der Waals surface area (Å²) in [4.78, 5) is 0.944. The van der Waals surface area contributed by atoms with Gasteiger partial charge in [-0.25, -0.2) is 0 Å². The lowest BCUT2D eigenvalue weighted by atomic mass is 10.1. The molecule has 0 radical (unpaired) electrons. The average molecular weight is 443 g/mol. The van der Waals surface area contributed by atoms with Gasteiger partial charge in [-0.2, -0.15) is 0 Å². The third kappa shape index (κ3) is 3.89. The molecule has 5 nitrogen and oxygen atoms in total. The number of methoxy groups -OCH3 is 1. The Balaban J connectivity index is 1.60. The molecule has 0 fully saturated rings. The zero-order valence-electron chi connectivity index (χ0n) is 14.4. The fraction of sp³-hybridized carbons (Fsp3) is 0.100. The number of halogens is 1. The molecule has 0 saturated heterocycles. The number of nitrogens with zero attached hydrogens (tertiary/aromatic N) is 2. The smallest absolute Gasteiger partial charge is 0.258 e. The summed E-state index contributed by atoms with van der Waals surface area (Å²) in [6.07, 6.45) is 0. The molecule has 0 aliphatic rings. The van der Waals surface area contributed by atoms with Crippen molar-refractivity contribution in [3.63, 3.8) is 0 Å². The van der Waals surface area contributed by atoms with Crippen LogP contribution in [0.1, 0.15) is 5.56 Å². The summed E-state index contributed by atoms with van der Waals surface area (Å²) >= 11 is 5.05. The van der Waals surface area contributed by atoms with E-state index in [1.54, 1.807) is 18.4 Å². The van der Waals surface area contributed by atoms with E-state index in [9.17, 15) is 0 Å². The van der Waals surface area contributed by atoms with Crippen molar-refractivity contribution in [2.24, 2.45) is 0 Å². The number of hydrogen-bond acceptors (Lipinski definition) is 6. The fourth-order valence-corrected chi connectivity index (χ4v) is 3.62. The van der Waals surface area contributed by atoms with E-state index >= 15 is 0 Å². The standard InChI is InChI=1S/C20H15BrN2O3S/c1-24-16-9-8-13(19-22-23-20(26-19)18-7-4-10-27-18)11-14(16)12-25-17-6-3-2-5-15(17)21/h2-11H,12H2,1H3. The fourth-order valence-electron chi connectivity index (χ4n) is 2.58. The molecule has 27 heavy (non-hydrogen) atoms. The van der Waals surface area contributed by atoms with Crippen LogP contribution in [0.15, 0.2) is 68.9 Å². The highest BCUT2D eigenvalue weighted by atomic mass is 79.9. The number of hydrogen-bond donors (Lipinski definition) is 0. The van der Waals surface area contributed by atoms with E-state index in [0.717, 1.165) is 32.0 Å². The maximum atomic E-state index is 5.93. The molecule has 0 aliphatic carbocycles. The molecule has 0 aliphatic heterocycles.